The molecule has 1 saturated heterocycles. The molecule has 6 nitrogen and oxygen atoms in total. The molecule has 1 fully saturated rings. The number of aromatic nitrogens is 2. The van der Waals surface area contributed by atoms with Gasteiger partial charge in [0.15, 0.2) is 5.16 Å². The molecule has 0 aliphatic carbocycles. The zero-order valence-electron chi connectivity index (χ0n) is 14.9. The van der Waals surface area contributed by atoms with E-state index in [1.807, 2.05) is 30.9 Å². The van der Waals surface area contributed by atoms with Crippen LogP contribution in [0.15, 0.2) is 32.6 Å². The van der Waals surface area contributed by atoms with Crippen LogP contribution in [0.25, 0.3) is 10.9 Å². The molecule has 26 heavy (non-hydrogen) atoms. The zero-order valence-corrected chi connectivity index (χ0v) is 17.3. The fourth-order valence-electron chi connectivity index (χ4n) is 2.93. The van der Waals surface area contributed by atoms with Crippen molar-refractivity contribution in [2.24, 2.45) is 0 Å². The minimum atomic E-state index is -0.309. The van der Waals surface area contributed by atoms with Crippen molar-refractivity contribution in [2.45, 2.75) is 37.2 Å². The summed E-state index contributed by atoms with van der Waals surface area (Å²) in [7, 11) is 0. The van der Waals surface area contributed by atoms with Crippen molar-refractivity contribution in [1.29, 1.82) is 0 Å². The number of carbonyl (C=O) groups is 1. The Hall–Kier alpha value is -1.38. The highest BCUT2D eigenvalue weighted by Gasteiger charge is 2.25. The van der Waals surface area contributed by atoms with Crippen LogP contribution >= 0.6 is 27.7 Å². The number of thioether (sulfide) groups is 1. The average Bonchev–Trinajstić information content (AvgIpc) is 2.65. The molecule has 0 bridgehead atoms. The highest BCUT2D eigenvalue weighted by atomic mass is 79.9. The van der Waals surface area contributed by atoms with Crippen molar-refractivity contribution in [3.8, 4) is 0 Å². The first-order chi connectivity index (χ1) is 12.5. The number of hydrogen-bond acceptors (Lipinski definition) is 5. The van der Waals surface area contributed by atoms with Crippen LogP contribution < -0.4 is 5.56 Å². The van der Waals surface area contributed by atoms with Gasteiger partial charge in [0.2, 0.25) is 5.91 Å². The molecule has 1 amide bonds. The Labute approximate surface area is 165 Å². The number of halogens is 1. The van der Waals surface area contributed by atoms with Gasteiger partial charge in [-0.25, -0.2) is 4.98 Å². The van der Waals surface area contributed by atoms with Crippen LogP contribution in [0, 0.1) is 0 Å². The molecular formula is C18H22BrN3O3S. The minimum absolute atomic E-state index is 0.0616. The molecule has 0 unspecified atom stereocenters. The number of amides is 1. The summed E-state index contributed by atoms with van der Waals surface area (Å²) in [6.45, 7) is 6.86. The Morgan fingerprint density at radius 2 is 2.12 bits per heavy atom. The van der Waals surface area contributed by atoms with E-state index in [1.165, 1.54) is 11.8 Å². The van der Waals surface area contributed by atoms with Gasteiger partial charge in [-0.2, -0.15) is 0 Å². The highest BCUT2D eigenvalue weighted by Crippen LogP contribution is 2.25. The molecule has 1 aliphatic rings. The summed E-state index contributed by atoms with van der Waals surface area (Å²) >= 11 is 4.76. The predicted octanol–water partition coefficient (Wildman–Crippen LogP) is 2.91. The number of carbonyl (C=O) groups excluding carboxylic acids is 1. The molecule has 1 aliphatic heterocycles. The number of rotatable bonds is 5. The van der Waals surface area contributed by atoms with Gasteiger partial charge >= 0.3 is 0 Å². The largest absolute Gasteiger partial charge is 0.378 e. The zero-order chi connectivity index (χ0) is 18.7. The second-order valence-corrected chi connectivity index (χ2v) is 8.43. The Bertz CT molecular complexity index is 865. The van der Waals surface area contributed by atoms with Crippen LogP contribution in [-0.2, 0) is 16.1 Å². The third kappa shape index (κ3) is 4.13. The second kappa shape index (κ2) is 8.54. The van der Waals surface area contributed by atoms with Gasteiger partial charge < -0.3 is 9.64 Å². The normalized spacial score (nSPS) is 16.0. The molecule has 0 N–H and O–H groups in total. The number of hydrogen-bond donors (Lipinski definition) is 0. The number of fused-ring (bicyclic) bond motifs is 1. The maximum Gasteiger partial charge on any atom is 0.262 e. The van der Waals surface area contributed by atoms with E-state index in [1.54, 1.807) is 10.6 Å². The summed E-state index contributed by atoms with van der Waals surface area (Å²) < 4.78 is 7.84. The lowest BCUT2D eigenvalue weighted by atomic mass is 10.2. The Morgan fingerprint density at radius 3 is 2.81 bits per heavy atom. The number of morpholine rings is 1. The van der Waals surface area contributed by atoms with Crippen molar-refractivity contribution < 1.29 is 9.53 Å². The lowest BCUT2D eigenvalue weighted by Crippen LogP contribution is -2.44. The van der Waals surface area contributed by atoms with E-state index >= 15 is 0 Å². The van der Waals surface area contributed by atoms with Crippen LogP contribution in [0.5, 0.6) is 0 Å². The molecule has 0 saturated carbocycles. The third-order valence-electron chi connectivity index (χ3n) is 4.28. The average molecular weight is 440 g/mol. The smallest absolute Gasteiger partial charge is 0.262 e. The van der Waals surface area contributed by atoms with Gasteiger partial charge in [0.05, 0.1) is 29.4 Å². The second-order valence-electron chi connectivity index (χ2n) is 6.21. The molecule has 0 spiro atoms. The monoisotopic (exact) mass is 439 g/mol. The van der Waals surface area contributed by atoms with Crippen molar-refractivity contribution in [3.05, 3.63) is 33.0 Å². The summed E-state index contributed by atoms with van der Waals surface area (Å²) in [6.07, 6.45) is 0.820. The summed E-state index contributed by atoms with van der Waals surface area (Å²) in [5.74, 6) is 0.0616. The first-order valence-corrected chi connectivity index (χ1v) is 10.4. The van der Waals surface area contributed by atoms with Crippen molar-refractivity contribution in [2.75, 3.05) is 26.3 Å². The lowest BCUT2D eigenvalue weighted by molar-refractivity contribution is -0.134. The molecular weight excluding hydrogens is 418 g/mol. The lowest BCUT2D eigenvalue weighted by Gasteiger charge is -2.29. The van der Waals surface area contributed by atoms with Crippen LogP contribution in [-0.4, -0.2) is 51.9 Å². The molecule has 8 heteroatoms. The molecule has 3 rings (SSSR count). The summed E-state index contributed by atoms with van der Waals surface area (Å²) in [5, 5.41) is 0.876. The maximum absolute atomic E-state index is 12.9. The standard InChI is InChI=1S/C18H22BrN3O3S/c1-3-6-22-17(24)14-11-13(19)4-5-15(14)20-18(22)26-12(2)16(23)21-7-9-25-10-8-21/h4-5,11-12H,3,6-10H2,1-2H3/t12-/m1/s1. The highest BCUT2D eigenvalue weighted by molar-refractivity contribution is 9.10. The SMILES string of the molecule is CCCn1c(S[C@H](C)C(=O)N2CCOCC2)nc2ccc(Br)cc2c1=O. The molecule has 140 valence electrons. The van der Waals surface area contributed by atoms with Gasteiger partial charge in [0.1, 0.15) is 0 Å². The first kappa shape index (κ1) is 19.4. The van der Waals surface area contributed by atoms with E-state index in [9.17, 15) is 9.59 Å². The van der Waals surface area contributed by atoms with E-state index in [2.05, 4.69) is 20.9 Å². The van der Waals surface area contributed by atoms with E-state index in [0.29, 0.717) is 48.9 Å². The van der Waals surface area contributed by atoms with E-state index in [4.69, 9.17) is 4.74 Å². The predicted molar refractivity (Wildman–Crippen MR) is 107 cm³/mol. The Balaban J connectivity index is 1.92. The van der Waals surface area contributed by atoms with Gasteiger partial charge in [0.25, 0.3) is 5.56 Å². The Morgan fingerprint density at radius 1 is 1.38 bits per heavy atom. The van der Waals surface area contributed by atoms with Crippen LogP contribution in [0.4, 0.5) is 0 Å². The first-order valence-electron chi connectivity index (χ1n) is 8.74. The molecule has 1 aromatic heterocycles. The van der Waals surface area contributed by atoms with Gasteiger partial charge in [-0.1, -0.05) is 34.6 Å². The van der Waals surface area contributed by atoms with Gasteiger partial charge in [-0.15, -0.1) is 0 Å². The molecule has 2 heterocycles. The van der Waals surface area contributed by atoms with Crippen LogP contribution in [0.1, 0.15) is 20.3 Å². The van der Waals surface area contributed by atoms with Gasteiger partial charge in [0, 0.05) is 24.1 Å². The number of nitrogens with zero attached hydrogens (tertiary/aromatic N) is 3. The summed E-state index contributed by atoms with van der Waals surface area (Å²) in [6, 6.07) is 5.50. The third-order valence-corrected chi connectivity index (χ3v) is 5.85. The molecule has 2 aromatic rings. The van der Waals surface area contributed by atoms with Crippen LogP contribution in [0.2, 0.25) is 0 Å². The fraction of sp³-hybridized carbons (Fsp3) is 0.500. The minimum Gasteiger partial charge on any atom is -0.378 e. The van der Waals surface area contributed by atoms with Crippen molar-refractivity contribution in [1.82, 2.24) is 14.5 Å². The molecule has 1 atom stereocenters. The quantitative estimate of drug-likeness (QED) is 0.529. The van der Waals surface area contributed by atoms with E-state index in [-0.39, 0.29) is 16.7 Å². The summed E-state index contributed by atoms with van der Waals surface area (Å²) in [5.41, 5.74) is 0.589. The van der Waals surface area contributed by atoms with Gasteiger partial charge in [-0.05, 0) is 31.5 Å². The topological polar surface area (TPSA) is 64.4 Å². The number of ether oxygens (including phenoxy) is 1. The van der Waals surface area contributed by atoms with Crippen LogP contribution in [0.3, 0.4) is 0 Å². The Kier molecular flexibility index (Phi) is 6.37. The van der Waals surface area contributed by atoms with Crippen molar-refractivity contribution >= 4 is 44.5 Å². The number of benzene rings is 1. The van der Waals surface area contributed by atoms with Gasteiger partial charge in [-0.3, -0.25) is 14.2 Å². The van der Waals surface area contributed by atoms with E-state index in [0.717, 1.165) is 10.9 Å². The van der Waals surface area contributed by atoms with E-state index < -0.39 is 0 Å². The fourth-order valence-corrected chi connectivity index (χ4v) is 4.31. The maximum atomic E-state index is 12.9. The molecule has 1 aromatic carbocycles. The summed E-state index contributed by atoms with van der Waals surface area (Å²) in [4.78, 5) is 32.1. The van der Waals surface area contributed by atoms with Crippen molar-refractivity contribution in [3.63, 3.8) is 0 Å². The molecule has 0 radical (unpaired) electrons.